The largest absolute Gasteiger partial charge is 0.392 e. The van der Waals surface area contributed by atoms with Gasteiger partial charge in [-0.25, -0.2) is 0 Å². The number of rotatable bonds is 8. The SMILES string of the molecule is CCCC(CCC)(C(=O)N(C)C(C)CC)C(N)=S. The molecule has 4 heteroatoms. The Hall–Kier alpha value is -0.640. The highest BCUT2D eigenvalue weighted by Gasteiger charge is 2.42. The van der Waals surface area contributed by atoms with Crippen LogP contribution in [0.15, 0.2) is 0 Å². The summed E-state index contributed by atoms with van der Waals surface area (Å²) in [5.41, 5.74) is 5.27. The summed E-state index contributed by atoms with van der Waals surface area (Å²) < 4.78 is 0. The van der Waals surface area contributed by atoms with E-state index in [9.17, 15) is 4.79 Å². The molecule has 0 radical (unpaired) electrons. The van der Waals surface area contributed by atoms with Crippen molar-refractivity contribution < 1.29 is 4.79 Å². The van der Waals surface area contributed by atoms with Crippen LogP contribution in [0.4, 0.5) is 0 Å². The summed E-state index contributed by atoms with van der Waals surface area (Å²) >= 11 is 5.21. The van der Waals surface area contributed by atoms with Gasteiger partial charge >= 0.3 is 0 Å². The fraction of sp³-hybridized carbons (Fsp3) is 0.857. The van der Waals surface area contributed by atoms with Gasteiger partial charge in [-0.1, -0.05) is 45.8 Å². The standard InChI is InChI=1S/C14H28N2OS/c1-6-9-14(10-7-2,12(15)18)13(17)16(5)11(4)8-3/h11H,6-10H2,1-5H3,(H2,15,18). The number of carbonyl (C=O) groups is 1. The first-order valence-electron chi connectivity index (χ1n) is 6.94. The van der Waals surface area contributed by atoms with Gasteiger partial charge in [-0.3, -0.25) is 4.79 Å². The van der Waals surface area contributed by atoms with Crippen LogP contribution in [0.2, 0.25) is 0 Å². The number of carbonyl (C=O) groups excluding carboxylic acids is 1. The van der Waals surface area contributed by atoms with Gasteiger partial charge in [-0.15, -0.1) is 0 Å². The highest BCUT2D eigenvalue weighted by molar-refractivity contribution is 7.80. The Bertz CT molecular complexity index is 286. The highest BCUT2D eigenvalue weighted by atomic mass is 32.1. The number of thiocarbonyl (C=S) groups is 1. The van der Waals surface area contributed by atoms with Crippen LogP contribution in [0, 0.1) is 5.41 Å². The summed E-state index contributed by atoms with van der Waals surface area (Å²) in [7, 11) is 1.86. The van der Waals surface area contributed by atoms with Crippen molar-refractivity contribution in [3.05, 3.63) is 0 Å². The maximum Gasteiger partial charge on any atom is 0.235 e. The van der Waals surface area contributed by atoms with Crippen LogP contribution < -0.4 is 5.73 Å². The van der Waals surface area contributed by atoms with Crippen LogP contribution in [0.5, 0.6) is 0 Å². The number of nitrogens with zero attached hydrogens (tertiary/aromatic N) is 1. The third-order valence-electron chi connectivity index (χ3n) is 3.81. The van der Waals surface area contributed by atoms with Crippen LogP contribution >= 0.6 is 12.2 Å². The molecule has 0 aliphatic rings. The molecule has 0 saturated carbocycles. The molecule has 0 aliphatic heterocycles. The number of nitrogens with two attached hydrogens (primary N) is 1. The average molecular weight is 272 g/mol. The minimum atomic E-state index is -0.642. The predicted octanol–water partition coefficient (Wildman–Crippen LogP) is 3.12. The van der Waals surface area contributed by atoms with E-state index >= 15 is 0 Å². The minimum Gasteiger partial charge on any atom is -0.392 e. The molecule has 0 fully saturated rings. The molecule has 1 atom stereocenters. The summed E-state index contributed by atoms with van der Waals surface area (Å²) in [6.45, 7) is 8.27. The van der Waals surface area contributed by atoms with Gasteiger partial charge in [0.2, 0.25) is 5.91 Å². The van der Waals surface area contributed by atoms with Crippen LogP contribution in [0.1, 0.15) is 59.8 Å². The molecule has 3 nitrogen and oxygen atoms in total. The summed E-state index contributed by atoms with van der Waals surface area (Å²) in [6, 6.07) is 0.222. The van der Waals surface area contributed by atoms with Gasteiger partial charge in [0, 0.05) is 13.1 Å². The van der Waals surface area contributed by atoms with Gasteiger partial charge in [-0.05, 0) is 26.2 Å². The van der Waals surface area contributed by atoms with E-state index in [2.05, 4.69) is 27.7 Å². The van der Waals surface area contributed by atoms with Crippen molar-refractivity contribution in [2.75, 3.05) is 7.05 Å². The van der Waals surface area contributed by atoms with Crippen molar-refractivity contribution in [2.24, 2.45) is 11.1 Å². The van der Waals surface area contributed by atoms with Gasteiger partial charge in [0.05, 0.1) is 10.4 Å². The van der Waals surface area contributed by atoms with Crippen LogP contribution in [-0.2, 0) is 4.79 Å². The maximum atomic E-state index is 12.7. The van der Waals surface area contributed by atoms with Crippen molar-refractivity contribution in [1.29, 1.82) is 0 Å². The Balaban J connectivity index is 5.28. The van der Waals surface area contributed by atoms with E-state index < -0.39 is 5.41 Å². The Morgan fingerprint density at radius 3 is 2.00 bits per heavy atom. The van der Waals surface area contributed by atoms with E-state index in [4.69, 9.17) is 18.0 Å². The summed E-state index contributed by atoms with van der Waals surface area (Å²) in [4.78, 5) is 14.9. The molecule has 0 aliphatic carbocycles. The molecule has 2 N–H and O–H groups in total. The molecule has 0 rings (SSSR count). The first kappa shape index (κ1) is 17.4. The fourth-order valence-electron chi connectivity index (χ4n) is 2.36. The zero-order valence-corrected chi connectivity index (χ0v) is 13.3. The smallest absolute Gasteiger partial charge is 0.235 e. The molecule has 0 aromatic heterocycles. The molecule has 0 aromatic carbocycles. The molecule has 0 heterocycles. The minimum absolute atomic E-state index is 0.0908. The van der Waals surface area contributed by atoms with E-state index in [1.165, 1.54) is 0 Å². The summed E-state index contributed by atoms with van der Waals surface area (Å²) in [6.07, 6.45) is 4.26. The molecule has 0 saturated heterocycles. The Labute approximate surface area is 117 Å². The molecule has 0 bridgehead atoms. The number of hydrogen-bond acceptors (Lipinski definition) is 2. The van der Waals surface area contributed by atoms with Crippen LogP contribution in [-0.4, -0.2) is 28.9 Å². The van der Waals surface area contributed by atoms with Crippen molar-refractivity contribution >= 4 is 23.1 Å². The lowest BCUT2D eigenvalue weighted by molar-refractivity contribution is -0.139. The third kappa shape index (κ3) is 3.67. The third-order valence-corrected chi connectivity index (χ3v) is 4.20. The zero-order chi connectivity index (χ0) is 14.3. The zero-order valence-electron chi connectivity index (χ0n) is 12.5. The highest BCUT2D eigenvalue weighted by Crippen LogP contribution is 2.33. The predicted molar refractivity (Wildman–Crippen MR) is 81.6 cm³/mol. The topological polar surface area (TPSA) is 46.3 Å². The average Bonchev–Trinajstić information content (AvgIpc) is 2.35. The molecule has 106 valence electrons. The first-order valence-corrected chi connectivity index (χ1v) is 7.35. The van der Waals surface area contributed by atoms with Gasteiger partial charge < -0.3 is 10.6 Å². The van der Waals surface area contributed by atoms with Crippen LogP contribution in [0.25, 0.3) is 0 Å². The van der Waals surface area contributed by atoms with Crippen molar-refractivity contribution in [3.63, 3.8) is 0 Å². The molecule has 1 unspecified atom stereocenters. The normalized spacial score (nSPS) is 13.2. The fourth-order valence-corrected chi connectivity index (χ4v) is 2.65. The summed E-state index contributed by atoms with van der Waals surface area (Å²) in [5.74, 6) is 0.0908. The maximum absolute atomic E-state index is 12.7. The van der Waals surface area contributed by atoms with Gasteiger partial charge in [0.1, 0.15) is 0 Å². The molecule has 0 spiro atoms. The van der Waals surface area contributed by atoms with E-state index in [0.717, 1.165) is 32.1 Å². The lowest BCUT2D eigenvalue weighted by Crippen LogP contribution is -2.51. The Morgan fingerprint density at radius 2 is 1.72 bits per heavy atom. The van der Waals surface area contributed by atoms with E-state index in [0.29, 0.717) is 4.99 Å². The second kappa shape index (κ2) is 7.72. The number of hydrogen-bond donors (Lipinski definition) is 1. The lowest BCUT2D eigenvalue weighted by Gasteiger charge is -2.37. The van der Waals surface area contributed by atoms with Gasteiger partial charge in [0.15, 0.2) is 0 Å². The van der Waals surface area contributed by atoms with Crippen molar-refractivity contribution in [3.8, 4) is 0 Å². The van der Waals surface area contributed by atoms with Crippen molar-refractivity contribution in [1.82, 2.24) is 4.90 Å². The van der Waals surface area contributed by atoms with Gasteiger partial charge in [0.25, 0.3) is 0 Å². The lowest BCUT2D eigenvalue weighted by atomic mass is 9.77. The van der Waals surface area contributed by atoms with E-state index in [-0.39, 0.29) is 11.9 Å². The van der Waals surface area contributed by atoms with Crippen molar-refractivity contribution in [2.45, 2.75) is 65.8 Å². The van der Waals surface area contributed by atoms with E-state index in [1.54, 1.807) is 0 Å². The molecule has 0 aromatic rings. The Kier molecular flexibility index (Phi) is 7.45. The molecule has 1 amide bonds. The second-order valence-corrected chi connectivity index (χ2v) is 5.56. The first-order chi connectivity index (χ1) is 8.37. The van der Waals surface area contributed by atoms with Gasteiger partial charge in [-0.2, -0.15) is 0 Å². The molecule has 18 heavy (non-hydrogen) atoms. The monoisotopic (exact) mass is 272 g/mol. The van der Waals surface area contributed by atoms with E-state index in [1.807, 2.05) is 11.9 Å². The quantitative estimate of drug-likeness (QED) is 0.691. The molecular formula is C14H28N2OS. The number of amides is 1. The molecular weight excluding hydrogens is 244 g/mol. The van der Waals surface area contributed by atoms with Crippen LogP contribution in [0.3, 0.4) is 0 Å². The summed E-state index contributed by atoms with van der Waals surface area (Å²) in [5, 5.41) is 0. The Morgan fingerprint density at radius 1 is 1.28 bits per heavy atom. The second-order valence-electron chi connectivity index (χ2n) is 5.12.